The average Bonchev–Trinajstić information content (AvgIpc) is 2.89. The van der Waals surface area contributed by atoms with Crippen LogP contribution in [0.3, 0.4) is 0 Å². The maximum Gasteiger partial charge on any atom is 0.338 e. The van der Waals surface area contributed by atoms with Gasteiger partial charge in [-0.15, -0.1) is 0 Å². The first-order valence-electron chi connectivity index (χ1n) is 7.37. The van der Waals surface area contributed by atoms with Crippen molar-refractivity contribution in [3.8, 4) is 5.75 Å². The van der Waals surface area contributed by atoms with Crippen LogP contribution in [0.5, 0.6) is 5.75 Å². The number of pyridine rings is 1. The average molecular weight is 358 g/mol. The molecular weight excluding hydrogens is 344 g/mol. The van der Waals surface area contributed by atoms with E-state index in [0.717, 1.165) is 16.7 Å². The van der Waals surface area contributed by atoms with Crippen LogP contribution in [0.4, 0.5) is 5.69 Å². The van der Waals surface area contributed by atoms with Crippen molar-refractivity contribution in [3.05, 3.63) is 48.2 Å². The summed E-state index contributed by atoms with van der Waals surface area (Å²) >= 11 is 0.995. The van der Waals surface area contributed by atoms with Crippen LogP contribution in [0.25, 0.3) is 0 Å². The highest BCUT2D eigenvalue weighted by Crippen LogP contribution is 2.34. The molecular formula is C17H14N2O5S. The van der Waals surface area contributed by atoms with Crippen LogP contribution in [-0.4, -0.2) is 40.2 Å². The van der Waals surface area contributed by atoms with Gasteiger partial charge in [0.25, 0.3) is 0 Å². The van der Waals surface area contributed by atoms with Crippen LogP contribution < -0.4 is 9.64 Å². The lowest BCUT2D eigenvalue weighted by Gasteiger charge is -2.15. The largest absolute Gasteiger partial charge is 0.497 e. The molecule has 0 spiro atoms. The van der Waals surface area contributed by atoms with Crippen LogP contribution >= 0.6 is 11.8 Å². The molecule has 3 rings (SSSR count). The SMILES string of the molecule is COc1ccc(N2C(=O)C[C@@H](Sc3ncccc3C(=O)O)C2=O)cc1. The van der Waals surface area contributed by atoms with Gasteiger partial charge in [0, 0.05) is 12.6 Å². The Morgan fingerprint density at radius 3 is 2.64 bits per heavy atom. The number of aromatic nitrogens is 1. The van der Waals surface area contributed by atoms with Crippen LogP contribution in [-0.2, 0) is 9.59 Å². The van der Waals surface area contributed by atoms with Gasteiger partial charge in [-0.3, -0.25) is 9.59 Å². The molecule has 1 aliphatic heterocycles. The molecule has 2 heterocycles. The van der Waals surface area contributed by atoms with Gasteiger partial charge in [0.2, 0.25) is 11.8 Å². The number of carboxylic acids is 1. The van der Waals surface area contributed by atoms with Gasteiger partial charge >= 0.3 is 5.97 Å². The fourth-order valence-corrected chi connectivity index (χ4v) is 3.59. The van der Waals surface area contributed by atoms with Gasteiger partial charge in [-0.25, -0.2) is 14.7 Å². The Kier molecular flexibility index (Phi) is 4.71. The molecule has 0 saturated carbocycles. The number of nitrogens with zero attached hydrogens (tertiary/aromatic N) is 2. The van der Waals surface area contributed by atoms with Crippen LogP contribution in [0.1, 0.15) is 16.8 Å². The van der Waals surface area contributed by atoms with Crippen molar-refractivity contribution < 1.29 is 24.2 Å². The van der Waals surface area contributed by atoms with Crippen molar-refractivity contribution in [3.63, 3.8) is 0 Å². The van der Waals surface area contributed by atoms with E-state index in [-0.39, 0.29) is 28.8 Å². The summed E-state index contributed by atoms with van der Waals surface area (Å²) in [7, 11) is 1.53. The standard InChI is InChI=1S/C17H14N2O5S/c1-24-11-6-4-10(5-7-11)19-14(20)9-13(16(19)21)25-15-12(17(22)23)3-2-8-18-15/h2-8,13H,9H2,1H3,(H,22,23)/t13-/m1/s1. The molecule has 1 aliphatic rings. The van der Waals surface area contributed by atoms with Gasteiger partial charge in [-0.05, 0) is 36.4 Å². The molecule has 0 aliphatic carbocycles. The van der Waals surface area contributed by atoms with E-state index in [0.29, 0.717) is 11.4 Å². The van der Waals surface area contributed by atoms with Crippen molar-refractivity contribution in [1.82, 2.24) is 4.98 Å². The predicted molar refractivity (Wildman–Crippen MR) is 90.9 cm³/mol. The second-order valence-corrected chi connectivity index (χ2v) is 6.43. The molecule has 1 N–H and O–H groups in total. The number of hydrogen-bond acceptors (Lipinski definition) is 6. The fraction of sp³-hybridized carbons (Fsp3) is 0.176. The van der Waals surface area contributed by atoms with E-state index < -0.39 is 11.2 Å². The van der Waals surface area contributed by atoms with Gasteiger partial charge in [0.05, 0.1) is 23.6 Å². The molecule has 128 valence electrons. The number of carbonyl (C=O) groups is 3. The Hall–Kier alpha value is -2.87. The topological polar surface area (TPSA) is 96.8 Å². The molecule has 25 heavy (non-hydrogen) atoms. The zero-order valence-corrected chi connectivity index (χ0v) is 14.0. The lowest BCUT2D eigenvalue weighted by atomic mass is 10.3. The number of amides is 2. The van der Waals surface area contributed by atoms with Gasteiger partial charge in [-0.2, -0.15) is 0 Å². The maximum absolute atomic E-state index is 12.6. The third kappa shape index (κ3) is 3.34. The summed E-state index contributed by atoms with van der Waals surface area (Å²) in [5.41, 5.74) is 0.467. The van der Waals surface area contributed by atoms with Gasteiger partial charge in [0.15, 0.2) is 0 Å². The minimum absolute atomic E-state index is 0.00877. The van der Waals surface area contributed by atoms with Crippen LogP contribution in [0, 0.1) is 0 Å². The van der Waals surface area contributed by atoms with E-state index in [1.165, 1.54) is 25.4 Å². The summed E-state index contributed by atoms with van der Waals surface area (Å²) < 4.78 is 5.06. The number of thioether (sulfide) groups is 1. The zero-order chi connectivity index (χ0) is 18.0. The van der Waals surface area contributed by atoms with Crippen LogP contribution in [0.15, 0.2) is 47.6 Å². The fourth-order valence-electron chi connectivity index (χ4n) is 2.48. The third-order valence-electron chi connectivity index (χ3n) is 3.69. The van der Waals surface area contributed by atoms with Crippen molar-refractivity contribution >= 4 is 35.2 Å². The number of carbonyl (C=O) groups excluding carboxylic acids is 2. The lowest BCUT2D eigenvalue weighted by molar-refractivity contribution is -0.121. The van der Waals surface area contributed by atoms with E-state index in [1.807, 2.05) is 0 Å². The summed E-state index contributed by atoms with van der Waals surface area (Å²) in [6.45, 7) is 0. The van der Waals surface area contributed by atoms with E-state index in [1.54, 1.807) is 24.3 Å². The molecule has 1 fully saturated rings. The van der Waals surface area contributed by atoms with Gasteiger partial charge in [0.1, 0.15) is 10.8 Å². The number of methoxy groups -OCH3 is 1. The molecule has 1 aromatic carbocycles. The first-order valence-corrected chi connectivity index (χ1v) is 8.25. The number of anilines is 1. The van der Waals surface area contributed by atoms with E-state index in [2.05, 4.69) is 4.98 Å². The number of carboxylic acid groups (broad SMARTS) is 1. The minimum atomic E-state index is -1.13. The maximum atomic E-state index is 12.6. The van der Waals surface area contributed by atoms with E-state index in [9.17, 15) is 19.5 Å². The second-order valence-electron chi connectivity index (χ2n) is 5.24. The zero-order valence-electron chi connectivity index (χ0n) is 13.2. The van der Waals surface area contributed by atoms with Crippen molar-refractivity contribution in [2.24, 2.45) is 0 Å². The molecule has 1 aromatic heterocycles. The monoisotopic (exact) mass is 358 g/mol. The Balaban J connectivity index is 1.83. The molecule has 0 bridgehead atoms. The molecule has 7 nitrogen and oxygen atoms in total. The second kappa shape index (κ2) is 6.94. The molecule has 1 saturated heterocycles. The van der Waals surface area contributed by atoms with Crippen molar-refractivity contribution in [2.75, 3.05) is 12.0 Å². The quantitative estimate of drug-likeness (QED) is 0.819. The smallest absolute Gasteiger partial charge is 0.338 e. The van der Waals surface area contributed by atoms with Gasteiger partial charge in [-0.1, -0.05) is 11.8 Å². The molecule has 2 aromatic rings. The highest BCUT2D eigenvalue weighted by atomic mass is 32.2. The molecule has 2 amide bonds. The highest BCUT2D eigenvalue weighted by Gasteiger charge is 2.40. The summed E-state index contributed by atoms with van der Waals surface area (Å²) in [6, 6.07) is 9.52. The third-order valence-corrected chi connectivity index (χ3v) is 4.89. The van der Waals surface area contributed by atoms with E-state index >= 15 is 0 Å². The minimum Gasteiger partial charge on any atom is -0.497 e. The van der Waals surface area contributed by atoms with Crippen molar-refractivity contribution in [1.29, 1.82) is 0 Å². The van der Waals surface area contributed by atoms with Crippen LogP contribution in [0.2, 0.25) is 0 Å². The van der Waals surface area contributed by atoms with Gasteiger partial charge < -0.3 is 9.84 Å². The Morgan fingerprint density at radius 2 is 2.00 bits per heavy atom. The normalized spacial score (nSPS) is 17.0. The Morgan fingerprint density at radius 1 is 1.28 bits per heavy atom. The lowest BCUT2D eigenvalue weighted by Crippen LogP contribution is -2.31. The number of imide groups is 1. The van der Waals surface area contributed by atoms with Crippen molar-refractivity contribution in [2.45, 2.75) is 16.7 Å². The first kappa shape index (κ1) is 17.0. The molecule has 0 unspecified atom stereocenters. The Bertz CT molecular complexity index is 837. The first-order chi connectivity index (χ1) is 12.0. The summed E-state index contributed by atoms with van der Waals surface area (Å²) in [5.74, 6) is -1.23. The predicted octanol–water partition coefficient (Wildman–Crippen LogP) is 2.21. The number of rotatable bonds is 5. The number of benzene rings is 1. The molecule has 0 radical (unpaired) electrons. The number of aromatic carboxylic acids is 1. The summed E-state index contributed by atoms with van der Waals surface area (Å²) in [5, 5.41) is 8.72. The molecule has 8 heteroatoms. The highest BCUT2D eigenvalue weighted by molar-refractivity contribution is 8.00. The molecule has 1 atom stereocenters. The summed E-state index contributed by atoms with van der Waals surface area (Å²) in [6.07, 6.45) is 1.45. The van der Waals surface area contributed by atoms with E-state index in [4.69, 9.17) is 4.74 Å². The number of ether oxygens (including phenoxy) is 1. The summed E-state index contributed by atoms with van der Waals surface area (Å²) in [4.78, 5) is 41.3. The number of hydrogen-bond donors (Lipinski definition) is 1. The Labute approximate surface area is 147 Å².